The molecule has 2 aliphatic rings. The van der Waals surface area contributed by atoms with Crippen molar-refractivity contribution in [2.45, 2.75) is 37.9 Å². The fraction of sp³-hybridized carbons (Fsp3) is 0.611. The minimum absolute atomic E-state index is 0.0613. The van der Waals surface area contributed by atoms with E-state index in [1.165, 1.54) is 10.5 Å². The molecule has 3 amide bonds. The summed E-state index contributed by atoms with van der Waals surface area (Å²) in [7, 11) is 0. The summed E-state index contributed by atoms with van der Waals surface area (Å²) >= 11 is 3.48. The van der Waals surface area contributed by atoms with Gasteiger partial charge in [-0.3, -0.25) is 19.3 Å². The van der Waals surface area contributed by atoms with Gasteiger partial charge in [-0.15, -0.1) is 0 Å². The number of carbonyl (C=O) groups is 3. The van der Waals surface area contributed by atoms with E-state index in [4.69, 9.17) is 0 Å². The minimum atomic E-state index is -0.127. The lowest BCUT2D eigenvalue weighted by atomic mass is 9.81. The maximum absolute atomic E-state index is 12.3. The zero-order valence-electron chi connectivity index (χ0n) is 14.2. The predicted molar refractivity (Wildman–Crippen MR) is 100 cm³/mol. The molecule has 2 heterocycles. The Morgan fingerprint density at radius 3 is 2.60 bits per heavy atom. The van der Waals surface area contributed by atoms with Crippen molar-refractivity contribution >= 4 is 40.8 Å². The average Bonchev–Trinajstić information content (AvgIpc) is 3.22. The van der Waals surface area contributed by atoms with Crippen molar-refractivity contribution in [3.63, 3.8) is 0 Å². The van der Waals surface area contributed by atoms with Crippen molar-refractivity contribution in [1.82, 2.24) is 10.2 Å². The molecule has 1 saturated carbocycles. The Hall–Kier alpha value is -1.34. The number of thiophene rings is 1. The summed E-state index contributed by atoms with van der Waals surface area (Å²) in [5, 5.41) is 7.07. The van der Waals surface area contributed by atoms with Gasteiger partial charge < -0.3 is 5.32 Å². The third kappa shape index (κ3) is 4.64. The number of nitrogens with zero attached hydrogens (tertiary/aromatic N) is 1. The smallest absolute Gasteiger partial charge is 0.233 e. The molecule has 0 unspecified atom stereocenters. The summed E-state index contributed by atoms with van der Waals surface area (Å²) in [5.74, 6) is 1.34. The van der Waals surface area contributed by atoms with Gasteiger partial charge in [-0.05, 0) is 35.2 Å². The van der Waals surface area contributed by atoms with E-state index >= 15 is 0 Å². The summed E-state index contributed by atoms with van der Waals surface area (Å²) in [5.41, 5.74) is 1.31. The van der Waals surface area contributed by atoms with Crippen LogP contribution in [-0.2, 0) is 20.1 Å². The lowest BCUT2D eigenvalue weighted by Gasteiger charge is -2.19. The summed E-state index contributed by atoms with van der Waals surface area (Å²) in [6.45, 7) is 0.833. The third-order valence-electron chi connectivity index (χ3n) is 4.91. The number of imide groups is 1. The van der Waals surface area contributed by atoms with E-state index in [0.717, 1.165) is 37.2 Å². The Bertz CT molecular complexity index is 594. The highest BCUT2D eigenvalue weighted by atomic mass is 32.2. The molecule has 2 atom stereocenters. The lowest BCUT2D eigenvalue weighted by Crippen LogP contribution is -2.36. The number of fused-ring (bicyclic) bond motifs is 1. The number of hydrogen-bond acceptors (Lipinski definition) is 5. The summed E-state index contributed by atoms with van der Waals surface area (Å²) in [6.07, 6.45) is 3.89. The number of carbonyl (C=O) groups excluding carboxylic acids is 3. The fourth-order valence-corrected chi connectivity index (χ4v) is 5.16. The Labute approximate surface area is 156 Å². The second-order valence-corrected chi connectivity index (χ2v) is 8.49. The van der Waals surface area contributed by atoms with Crippen molar-refractivity contribution < 1.29 is 14.4 Å². The summed E-state index contributed by atoms with van der Waals surface area (Å²) in [6, 6.07) is 2.11. The van der Waals surface area contributed by atoms with Gasteiger partial charge in [-0.25, -0.2) is 0 Å². The van der Waals surface area contributed by atoms with Crippen LogP contribution in [0.25, 0.3) is 0 Å². The molecule has 0 aromatic carbocycles. The van der Waals surface area contributed by atoms with Crippen LogP contribution in [0.3, 0.4) is 0 Å². The molecule has 0 radical (unpaired) electrons. The van der Waals surface area contributed by atoms with Crippen LogP contribution in [-0.4, -0.2) is 41.5 Å². The molecule has 1 aromatic rings. The van der Waals surface area contributed by atoms with Crippen LogP contribution in [0, 0.1) is 11.8 Å². The predicted octanol–water partition coefficient (Wildman–Crippen LogP) is 2.66. The molecule has 1 saturated heterocycles. The Morgan fingerprint density at radius 2 is 1.96 bits per heavy atom. The second kappa shape index (κ2) is 8.85. The highest BCUT2D eigenvalue weighted by molar-refractivity contribution is 7.98. The lowest BCUT2D eigenvalue weighted by molar-refractivity contribution is -0.140. The standard InChI is InChI=1S/C18H24N2O3S2/c21-16(19-7-10-25-12-13-6-9-24-11-13)5-8-20-17(22)14-3-1-2-4-15(14)18(20)23/h6,9,11,14-15H,1-5,7-8,10,12H2,(H,19,21)/t14-,15-/m1/s1. The second-order valence-electron chi connectivity index (χ2n) is 6.61. The van der Waals surface area contributed by atoms with Gasteiger partial charge in [-0.1, -0.05) is 12.8 Å². The molecule has 0 bridgehead atoms. The maximum Gasteiger partial charge on any atom is 0.233 e. The Balaban J connectivity index is 1.33. The van der Waals surface area contributed by atoms with Gasteiger partial charge in [0, 0.05) is 31.0 Å². The van der Waals surface area contributed by atoms with Gasteiger partial charge in [0.25, 0.3) is 0 Å². The summed E-state index contributed by atoms with van der Waals surface area (Å²) in [4.78, 5) is 38.0. The van der Waals surface area contributed by atoms with Gasteiger partial charge in [-0.2, -0.15) is 23.1 Å². The molecule has 136 valence electrons. The number of rotatable bonds is 8. The van der Waals surface area contributed by atoms with Crippen LogP contribution in [0.5, 0.6) is 0 Å². The molecular formula is C18H24N2O3S2. The molecule has 1 N–H and O–H groups in total. The first-order valence-corrected chi connectivity index (χ1v) is 11.0. The molecule has 3 rings (SSSR count). The van der Waals surface area contributed by atoms with Crippen molar-refractivity contribution in [3.05, 3.63) is 22.4 Å². The number of thioether (sulfide) groups is 1. The van der Waals surface area contributed by atoms with E-state index in [2.05, 4.69) is 22.1 Å². The van der Waals surface area contributed by atoms with Crippen molar-refractivity contribution in [1.29, 1.82) is 0 Å². The van der Waals surface area contributed by atoms with E-state index < -0.39 is 0 Å². The highest BCUT2D eigenvalue weighted by Gasteiger charge is 2.47. The van der Waals surface area contributed by atoms with E-state index in [0.29, 0.717) is 6.54 Å². The molecular weight excluding hydrogens is 356 g/mol. The van der Waals surface area contributed by atoms with Crippen LogP contribution in [0.4, 0.5) is 0 Å². The molecule has 1 aliphatic carbocycles. The molecule has 5 nitrogen and oxygen atoms in total. The van der Waals surface area contributed by atoms with E-state index in [-0.39, 0.29) is 42.5 Å². The monoisotopic (exact) mass is 380 g/mol. The van der Waals surface area contributed by atoms with E-state index in [9.17, 15) is 14.4 Å². The SMILES string of the molecule is O=C(CCN1C(=O)[C@@H]2CCCC[C@H]2C1=O)NCCSCc1ccsc1. The van der Waals surface area contributed by atoms with Gasteiger partial charge in [0.1, 0.15) is 0 Å². The number of amides is 3. The Kier molecular flexibility index (Phi) is 6.53. The van der Waals surface area contributed by atoms with Gasteiger partial charge in [0.2, 0.25) is 17.7 Å². The first-order valence-electron chi connectivity index (χ1n) is 8.87. The van der Waals surface area contributed by atoms with Crippen LogP contribution >= 0.6 is 23.1 Å². The molecule has 2 fully saturated rings. The number of nitrogens with one attached hydrogen (secondary N) is 1. The van der Waals surface area contributed by atoms with E-state index in [1.54, 1.807) is 23.1 Å². The van der Waals surface area contributed by atoms with Gasteiger partial charge >= 0.3 is 0 Å². The average molecular weight is 381 g/mol. The maximum atomic E-state index is 12.3. The zero-order chi connectivity index (χ0) is 17.6. The number of hydrogen-bond donors (Lipinski definition) is 1. The van der Waals surface area contributed by atoms with Gasteiger partial charge in [0.05, 0.1) is 11.8 Å². The van der Waals surface area contributed by atoms with Gasteiger partial charge in [0.15, 0.2) is 0 Å². The minimum Gasteiger partial charge on any atom is -0.355 e. The van der Waals surface area contributed by atoms with Crippen LogP contribution in [0.2, 0.25) is 0 Å². The first-order chi connectivity index (χ1) is 12.2. The van der Waals surface area contributed by atoms with E-state index in [1.807, 2.05) is 0 Å². The molecule has 0 spiro atoms. The van der Waals surface area contributed by atoms with Crippen LogP contribution < -0.4 is 5.32 Å². The first kappa shape index (κ1) is 18.5. The zero-order valence-corrected chi connectivity index (χ0v) is 15.9. The largest absolute Gasteiger partial charge is 0.355 e. The molecule has 25 heavy (non-hydrogen) atoms. The molecule has 7 heteroatoms. The van der Waals surface area contributed by atoms with Crippen LogP contribution in [0.1, 0.15) is 37.7 Å². The Morgan fingerprint density at radius 1 is 1.24 bits per heavy atom. The third-order valence-corrected chi connectivity index (χ3v) is 6.67. The quantitative estimate of drug-likeness (QED) is 0.556. The van der Waals surface area contributed by atoms with Crippen LogP contribution in [0.15, 0.2) is 16.8 Å². The summed E-state index contributed by atoms with van der Waals surface area (Å²) < 4.78 is 0. The topological polar surface area (TPSA) is 66.5 Å². The van der Waals surface area contributed by atoms with Crippen molar-refractivity contribution in [3.8, 4) is 0 Å². The normalized spacial score (nSPS) is 23.0. The molecule has 1 aliphatic heterocycles. The number of likely N-dealkylation sites (tertiary alicyclic amines) is 1. The fourth-order valence-electron chi connectivity index (χ4n) is 3.58. The van der Waals surface area contributed by atoms with Crippen molar-refractivity contribution in [2.24, 2.45) is 11.8 Å². The molecule has 1 aromatic heterocycles. The van der Waals surface area contributed by atoms with Crippen molar-refractivity contribution in [2.75, 3.05) is 18.8 Å². The highest BCUT2D eigenvalue weighted by Crippen LogP contribution is 2.37.